The maximum atomic E-state index is 11.2. The lowest BCUT2D eigenvalue weighted by Gasteiger charge is -2.16. The first-order valence-electron chi connectivity index (χ1n) is 6.67. The van der Waals surface area contributed by atoms with Gasteiger partial charge in [0.25, 0.3) is 0 Å². The molecule has 2 rings (SSSR count). The second-order valence-corrected chi connectivity index (χ2v) is 4.64. The van der Waals surface area contributed by atoms with Crippen LogP contribution >= 0.6 is 0 Å². The number of carbonyl (C=O) groups is 1. The van der Waals surface area contributed by atoms with Gasteiger partial charge in [-0.3, -0.25) is 4.98 Å². The zero-order valence-electron chi connectivity index (χ0n) is 12.0. The molecule has 0 fully saturated rings. The van der Waals surface area contributed by atoms with Crippen LogP contribution in [0.5, 0.6) is 5.75 Å². The van der Waals surface area contributed by atoms with E-state index in [0.29, 0.717) is 12.4 Å². The fourth-order valence-electron chi connectivity index (χ4n) is 1.85. The number of ether oxygens (including phenoxy) is 2. The van der Waals surface area contributed by atoms with Crippen LogP contribution in [0.3, 0.4) is 0 Å². The summed E-state index contributed by atoms with van der Waals surface area (Å²) in [6.07, 6.45) is -0.257. The Bertz CT molecular complexity index is 617. The molecule has 0 amide bonds. The summed E-state index contributed by atoms with van der Waals surface area (Å²) in [6.45, 7) is 0.349. The maximum Gasteiger partial charge on any atom is 0.337 e. The summed E-state index contributed by atoms with van der Waals surface area (Å²) in [6, 6.07) is 11.1. The largest absolute Gasteiger partial charge is 0.487 e. The van der Waals surface area contributed by atoms with Gasteiger partial charge in [-0.15, -0.1) is 0 Å². The zero-order chi connectivity index (χ0) is 15.9. The molecular weight excluding hydrogens is 286 g/mol. The topological polar surface area (TPSA) is 88.9 Å². The highest BCUT2D eigenvalue weighted by Gasteiger charge is 2.27. The molecule has 2 aromatic rings. The normalized spacial score (nSPS) is 13.2. The van der Waals surface area contributed by atoms with Crippen LogP contribution in [-0.4, -0.2) is 34.4 Å². The van der Waals surface area contributed by atoms with Crippen LogP contribution in [0.4, 0.5) is 0 Å². The average Bonchev–Trinajstić information content (AvgIpc) is 2.59. The molecule has 1 heterocycles. The minimum absolute atomic E-state index is 0.267. The van der Waals surface area contributed by atoms with Crippen molar-refractivity contribution < 1.29 is 24.5 Å². The Morgan fingerprint density at radius 2 is 1.95 bits per heavy atom. The molecule has 1 aromatic carbocycles. The standard InChI is InChI=1S/C16H17NO5/c1-21-16(20)15(19)14(18)12-7-13(9-17-8-12)22-10-11-5-3-2-4-6-11/h2-9,14-15,18-19H,10H2,1H3. The quantitative estimate of drug-likeness (QED) is 0.780. The molecular formula is C16H17NO5. The molecule has 6 heteroatoms. The molecule has 1 aromatic heterocycles. The van der Waals surface area contributed by atoms with E-state index in [4.69, 9.17) is 4.74 Å². The number of esters is 1. The molecule has 0 radical (unpaired) electrons. The molecule has 0 aliphatic heterocycles. The number of benzene rings is 1. The average molecular weight is 303 g/mol. The van der Waals surface area contributed by atoms with Gasteiger partial charge in [-0.2, -0.15) is 0 Å². The highest BCUT2D eigenvalue weighted by atomic mass is 16.5. The fourth-order valence-corrected chi connectivity index (χ4v) is 1.85. The van der Waals surface area contributed by atoms with Crippen molar-refractivity contribution in [2.45, 2.75) is 18.8 Å². The van der Waals surface area contributed by atoms with Crippen molar-refractivity contribution in [2.75, 3.05) is 7.11 Å². The second-order valence-electron chi connectivity index (χ2n) is 4.64. The van der Waals surface area contributed by atoms with Gasteiger partial charge in [-0.25, -0.2) is 4.79 Å². The van der Waals surface area contributed by atoms with Crippen LogP contribution in [0.25, 0.3) is 0 Å². The molecule has 2 N–H and O–H groups in total. The number of hydrogen-bond acceptors (Lipinski definition) is 6. The Labute approximate surface area is 128 Å². The number of carbonyl (C=O) groups excluding carboxylic acids is 1. The van der Waals surface area contributed by atoms with E-state index in [0.717, 1.165) is 12.7 Å². The van der Waals surface area contributed by atoms with Gasteiger partial charge in [0.2, 0.25) is 0 Å². The van der Waals surface area contributed by atoms with Gasteiger partial charge in [0.15, 0.2) is 6.10 Å². The van der Waals surface area contributed by atoms with Gasteiger partial charge in [-0.05, 0) is 11.6 Å². The van der Waals surface area contributed by atoms with E-state index in [1.807, 2.05) is 30.3 Å². The van der Waals surface area contributed by atoms with Crippen LogP contribution in [0.1, 0.15) is 17.2 Å². The Balaban J connectivity index is 2.05. The molecule has 0 saturated heterocycles. The second kappa shape index (κ2) is 7.53. The van der Waals surface area contributed by atoms with Gasteiger partial charge in [0.05, 0.1) is 13.3 Å². The molecule has 0 aliphatic rings. The zero-order valence-corrected chi connectivity index (χ0v) is 12.0. The van der Waals surface area contributed by atoms with Crippen molar-refractivity contribution in [3.8, 4) is 5.75 Å². The van der Waals surface area contributed by atoms with Crippen molar-refractivity contribution in [2.24, 2.45) is 0 Å². The monoisotopic (exact) mass is 303 g/mol. The fraction of sp³-hybridized carbons (Fsp3) is 0.250. The van der Waals surface area contributed by atoms with E-state index < -0.39 is 18.2 Å². The molecule has 0 spiro atoms. The van der Waals surface area contributed by atoms with Crippen molar-refractivity contribution in [1.82, 2.24) is 4.98 Å². The summed E-state index contributed by atoms with van der Waals surface area (Å²) in [7, 11) is 1.13. The highest BCUT2D eigenvalue weighted by molar-refractivity contribution is 5.75. The third kappa shape index (κ3) is 4.03. The summed E-state index contributed by atoms with van der Waals surface area (Å²) in [5.74, 6) is -0.486. The van der Waals surface area contributed by atoms with Crippen LogP contribution in [0.15, 0.2) is 48.8 Å². The summed E-state index contributed by atoms with van der Waals surface area (Å²) in [5, 5.41) is 19.6. The number of aliphatic hydroxyl groups is 2. The van der Waals surface area contributed by atoms with Crippen molar-refractivity contribution in [3.63, 3.8) is 0 Å². The number of nitrogens with zero attached hydrogens (tertiary/aromatic N) is 1. The summed E-state index contributed by atoms with van der Waals surface area (Å²) >= 11 is 0. The Morgan fingerprint density at radius 1 is 1.23 bits per heavy atom. The number of pyridine rings is 1. The Morgan fingerprint density at radius 3 is 2.64 bits per heavy atom. The SMILES string of the molecule is COC(=O)C(O)C(O)c1cncc(OCc2ccccc2)c1. The lowest BCUT2D eigenvalue weighted by atomic mass is 10.1. The van der Waals surface area contributed by atoms with Crippen molar-refractivity contribution in [1.29, 1.82) is 0 Å². The Kier molecular flexibility index (Phi) is 5.46. The molecule has 0 aliphatic carbocycles. The van der Waals surface area contributed by atoms with Crippen molar-refractivity contribution >= 4 is 5.97 Å². The molecule has 116 valence electrons. The van der Waals surface area contributed by atoms with Crippen LogP contribution in [0.2, 0.25) is 0 Å². The third-order valence-corrected chi connectivity index (χ3v) is 3.07. The lowest BCUT2D eigenvalue weighted by molar-refractivity contribution is -0.156. The first-order chi connectivity index (χ1) is 10.6. The lowest BCUT2D eigenvalue weighted by Crippen LogP contribution is -2.29. The molecule has 2 atom stereocenters. The minimum Gasteiger partial charge on any atom is -0.487 e. The predicted molar refractivity (Wildman–Crippen MR) is 78.0 cm³/mol. The number of rotatable bonds is 6. The van der Waals surface area contributed by atoms with E-state index in [1.54, 1.807) is 0 Å². The minimum atomic E-state index is -1.67. The maximum absolute atomic E-state index is 11.2. The first-order valence-corrected chi connectivity index (χ1v) is 6.67. The predicted octanol–water partition coefficient (Wildman–Crippen LogP) is 1.23. The number of hydrogen-bond donors (Lipinski definition) is 2. The molecule has 2 unspecified atom stereocenters. The van der Waals surface area contributed by atoms with Gasteiger partial charge in [0.1, 0.15) is 18.5 Å². The van der Waals surface area contributed by atoms with Gasteiger partial charge in [-0.1, -0.05) is 30.3 Å². The van der Waals surface area contributed by atoms with E-state index >= 15 is 0 Å². The molecule has 22 heavy (non-hydrogen) atoms. The summed E-state index contributed by atoms with van der Waals surface area (Å²) in [5.41, 5.74) is 1.26. The van der Waals surface area contributed by atoms with Crippen LogP contribution in [-0.2, 0) is 16.1 Å². The van der Waals surface area contributed by atoms with Gasteiger partial charge in [0, 0.05) is 11.8 Å². The van der Waals surface area contributed by atoms with E-state index in [2.05, 4.69) is 9.72 Å². The van der Waals surface area contributed by atoms with E-state index in [1.165, 1.54) is 18.5 Å². The summed E-state index contributed by atoms with van der Waals surface area (Å²) in [4.78, 5) is 15.2. The summed E-state index contributed by atoms with van der Waals surface area (Å²) < 4.78 is 9.97. The smallest absolute Gasteiger partial charge is 0.337 e. The number of aliphatic hydroxyl groups excluding tert-OH is 2. The molecule has 6 nitrogen and oxygen atoms in total. The third-order valence-electron chi connectivity index (χ3n) is 3.07. The molecule has 0 saturated carbocycles. The Hall–Kier alpha value is -2.44. The van der Waals surface area contributed by atoms with Crippen LogP contribution < -0.4 is 4.74 Å². The van der Waals surface area contributed by atoms with Crippen molar-refractivity contribution in [3.05, 3.63) is 59.9 Å². The number of methoxy groups -OCH3 is 1. The van der Waals surface area contributed by atoms with E-state index in [-0.39, 0.29) is 5.56 Å². The first kappa shape index (κ1) is 15.9. The van der Waals surface area contributed by atoms with E-state index in [9.17, 15) is 15.0 Å². The van der Waals surface area contributed by atoms with Gasteiger partial charge < -0.3 is 19.7 Å². The van der Waals surface area contributed by atoms with Crippen LogP contribution in [0, 0.1) is 0 Å². The number of aromatic nitrogens is 1. The highest BCUT2D eigenvalue weighted by Crippen LogP contribution is 2.21. The molecule has 0 bridgehead atoms. The van der Waals surface area contributed by atoms with Gasteiger partial charge >= 0.3 is 5.97 Å².